The van der Waals surface area contributed by atoms with Crippen molar-refractivity contribution >= 4 is 22.1 Å². The van der Waals surface area contributed by atoms with E-state index in [1.165, 1.54) is 0 Å². The van der Waals surface area contributed by atoms with Crippen LogP contribution in [0.3, 0.4) is 0 Å². The van der Waals surface area contributed by atoms with E-state index in [4.69, 9.17) is 0 Å². The number of fused-ring (bicyclic) bond motifs is 1. The van der Waals surface area contributed by atoms with Crippen molar-refractivity contribution in [3.63, 3.8) is 0 Å². The third kappa shape index (κ3) is 1.66. The predicted octanol–water partition coefficient (Wildman–Crippen LogP) is 1.97. The van der Waals surface area contributed by atoms with Crippen LogP contribution in [0.2, 0.25) is 0 Å². The Hall–Kier alpha value is -1.06. The average molecular weight is 191 g/mol. The van der Waals surface area contributed by atoms with E-state index < -0.39 is 11.2 Å². The van der Waals surface area contributed by atoms with Crippen molar-refractivity contribution in [3.8, 4) is 0 Å². The number of nitrogens with zero attached hydrogens (tertiary/aromatic N) is 1. The fourth-order valence-corrected chi connectivity index (χ4v) is 1.76. The second-order valence-corrected chi connectivity index (χ2v) is 4.19. The number of aromatic nitrogens is 1. The highest BCUT2D eigenvalue weighted by Crippen LogP contribution is 2.16. The molecule has 1 heterocycles. The molecule has 0 aliphatic heterocycles. The molecule has 1 aromatic heterocycles. The van der Waals surface area contributed by atoms with Gasteiger partial charge < -0.3 is 4.55 Å². The summed E-state index contributed by atoms with van der Waals surface area (Å²) >= 11 is -0.925. The number of benzene rings is 1. The summed E-state index contributed by atoms with van der Waals surface area (Å²) in [6.07, 6.45) is 3.41. The van der Waals surface area contributed by atoms with Crippen LogP contribution in [-0.2, 0) is 11.2 Å². The highest BCUT2D eigenvalue weighted by molar-refractivity contribution is 7.90. The summed E-state index contributed by atoms with van der Waals surface area (Å²) in [5.74, 6) is 0. The van der Waals surface area contributed by atoms with Crippen molar-refractivity contribution in [1.82, 2.24) is 4.98 Å². The SMILES string of the molecule is C[S+]([O-])c1ccc2cccnc2c1. The molecule has 2 aromatic rings. The van der Waals surface area contributed by atoms with Crippen LogP contribution in [0, 0.1) is 0 Å². The van der Waals surface area contributed by atoms with E-state index in [1.54, 1.807) is 12.5 Å². The lowest BCUT2D eigenvalue weighted by atomic mass is 10.2. The summed E-state index contributed by atoms with van der Waals surface area (Å²) < 4.78 is 11.2. The Morgan fingerprint density at radius 3 is 2.92 bits per heavy atom. The van der Waals surface area contributed by atoms with Crippen LogP contribution in [-0.4, -0.2) is 15.8 Å². The molecule has 3 heteroatoms. The zero-order valence-corrected chi connectivity index (χ0v) is 8.04. The number of rotatable bonds is 1. The fourth-order valence-electron chi connectivity index (χ4n) is 1.23. The van der Waals surface area contributed by atoms with Gasteiger partial charge in [-0.05, 0) is 29.4 Å². The largest absolute Gasteiger partial charge is 0.612 e. The molecular formula is C10H9NOS. The van der Waals surface area contributed by atoms with Gasteiger partial charge in [0.15, 0.2) is 4.90 Å². The van der Waals surface area contributed by atoms with Crippen LogP contribution in [0.5, 0.6) is 0 Å². The molecule has 0 spiro atoms. The van der Waals surface area contributed by atoms with Crippen molar-refractivity contribution in [2.24, 2.45) is 0 Å². The molecule has 2 rings (SSSR count). The van der Waals surface area contributed by atoms with Crippen LogP contribution >= 0.6 is 0 Å². The van der Waals surface area contributed by atoms with E-state index >= 15 is 0 Å². The third-order valence-electron chi connectivity index (χ3n) is 1.91. The molecule has 0 N–H and O–H groups in total. The summed E-state index contributed by atoms with van der Waals surface area (Å²) in [6, 6.07) is 9.57. The van der Waals surface area contributed by atoms with Crippen LogP contribution in [0.25, 0.3) is 10.9 Å². The van der Waals surface area contributed by atoms with E-state index in [2.05, 4.69) is 4.98 Å². The second-order valence-electron chi connectivity index (χ2n) is 2.81. The molecule has 1 aromatic carbocycles. The Bertz CT molecular complexity index is 428. The molecule has 2 nitrogen and oxygen atoms in total. The summed E-state index contributed by atoms with van der Waals surface area (Å²) in [5.41, 5.74) is 0.898. The summed E-state index contributed by atoms with van der Waals surface area (Å²) in [5, 5.41) is 1.08. The van der Waals surface area contributed by atoms with E-state index in [9.17, 15) is 4.55 Å². The molecule has 0 amide bonds. The van der Waals surface area contributed by atoms with Crippen molar-refractivity contribution < 1.29 is 4.55 Å². The molecule has 0 bridgehead atoms. The lowest BCUT2D eigenvalue weighted by Crippen LogP contribution is -1.96. The van der Waals surface area contributed by atoms with E-state index in [-0.39, 0.29) is 0 Å². The van der Waals surface area contributed by atoms with Gasteiger partial charge in [0, 0.05) is 17.6 Å². The van der Waals surface area contributed by atoms with Crippen LogP contribution in [0.15, 0.2) is 41.4 Å². The van der Waals surface area contributed by atoms with Gasteiger partial charge in [0.2, 0.25) is 0 Å². The van der Waals surface area contributed by atoms with Crippen LogP contribution < -0.4 is 0 Å². The highest BCUT2D eigenvalue weighted by Gasteiger charge is 2.04. The summed E-state index contributed by atoms with van der Waals surface area (Å²) in [4.78, 5) is 5.02. The molecule has 13 heavy (non-hydrogen) atoms. The molecular weight excluding hydrogens is 182 g/mol. The van der Waals surface area contributed by atoms with Gasteiger partial charge in [-0.15, -0.1) is 0 Å². The van der Waals surface area contributed by atoms with Crippen molar-refractivity contribution in [2.45, 2.75) is 4.90 Å². The summed E-state index contributed by atoms with van der Waals surface area (Å²) in [7, 11) is 0. The van der Waals surface area contributed by atoms with Crippen LogP contribution in [0.4, 0.5) is 0 Å². The molecule has 0 saturated heterocycles. The van der Waals surface area contributed by atoms with Crippen LogP contribution in [0.1, 0.15) is 0 Å². The van der Waals surface area contributed by atoms with Gasteiger partial charge in [-0.25, -0.2) is 0 Å². The minimum Gasteiger partial charge on any atom is -0.612 e. The van der Waals surface area contributed by atoms with E-state index in [0.717, 1.165) is 15.8 Å². The molecule has 0 aliphatic carbocycles. The van der Waals surface area contributed by atoms with Gasteiger partial charge in [-0.2, -0.15) is 0 Å². The van der Waals surface area contributed by atoms with E-state index in [1.807, 2.05) is 30.3 Å². The Labute approximate surface area is 79.8 Å². The normalized spacial score (nSPS) is 13.1. The smallest absolute Gasteiger partial charge is 0.154 e. The van der Waals surface area contributed by atoms with Gasteiger partial charge in [0.1, 0.15) is 6.26 Å². The highest BCUT2D eigenvalue weighted by atomic mass is 32.2. The minimum absolute atomic E-state index is 0.825. The zero-order chi connectivity index (χ0) is 9.26. The number of hydrogen-bond acceptors (Lipinski definition) is 2. The first-order chi connectivity index (χ1) is 6.27. The van der Waals surface area contributed by atoms with Gasteiger partial charge in [-0.3, -0.25) is 4.98 Å². The second kappa shape index (κ2) is 3.36. The Morgan fingerprint density at radius 1 is 1.31 bits per heavy atom. The molecule has 1 unspecified atom stereocenters. The fraction of sp³-hybridized carbons (Fsp3) is 0.100. The molecule has 66 valence electrons. The van der Waals surface area contributed by atoms with Crippen molar-refractivity contribution in [3.05, 3.63) is 36.5 Å². The Balaban J connectivity index is 2.62. The molecule has 0 radical (unpaired) electrons. The quantitative estimate of drug-likeness (QED) is 0.646. The van der Waals surface area contributed by atoms with Crippen molar-refractivity contribution in [1.29, 1.82) is 0 Å². The van der Waals surface area contributed by atoms with E-state index in [0.29, 0.717) is 0 Å². The summed E-state index contributed by atoms with van der Waals surface area (Å²) in [6.45, 7) is 0. The first-order valence-corrected chi connectivity index (χ1v) is 5.51. The minimum atomic E-state index is -0.925. The Morgan fingerprint density at radius 2 is 2.15 bits per heavy atom. The number of hydrogen-bond donors (Lipinski definition) is 0. The lowest BCUT2D eigenvalue weighted by molar-refractivity contribution is 0.601. The maximum absolute atomic E-state index is 11.2. The first-order valence-electron chi connectivity index (χ1n) is 3.95. The van der Waals surface area contributed by atoms with Gasteiger partial charge in [0.25, 0.3) is 0 Å². The number of pyridine rings is 1. The average Bonchev–Trinajstić information content (AvgIpc) is 2.17. The standard InChI is InChI=1S/C10H9NOS/c1-13(12)9-5-4-8-3-2-6-11-10(8)7-9/h2-7H,1H3. The molecule has 1 atom stereocenters. The van der Waals surface area contributed by atoms with Crippen molar-refractivity contribution in [2.75, 3.05) is 6.26 Å². The molecule has 0 fully saturated rings. The van der Waals surface area contributed by atoms with Gasteiger partial charge in [-0.1, -0.05) is 6.07 Å². The molecule has 0 saturated carbocycles. The maximum Gasteiger partial charge on any atom is 0.154 e. The first kappa shape index (κ1) is 8.53. The van der Waals surface area contributed by atoms with Gasteiger partial charge >= 0.3 is 0 Å². The van der Waals surface area contributed by atoms with Gasteiger partial charge in [0.05, 0.1) is 5.52 Å². The predicted molar refractivity (Wildman–Crippen MR) is 54.1 cm³/mol. The lowest BCUT2D eigenvalue weighted by Gasteiger charge is -2.04. The monoisotopic (exact) mass is 191 g/mol. The maximum atomic E-state index is 11.2. The third-order valence-corrected chi connectivity index (χ3v) is 2.83. The zero-order valence-electron chi connectivity index (χ0n) is 7.23. The molecule has 0 aliphatic rings. The Kier molecular flexibility index (Phi) is 2.20. The topological polar surface area (TPSA) is 36.0 Å².